The highest BCUT2D eigenvalue weighted by atomic mass is 16.5. The molecule has 0 spiro atoms. The minimum absolute atomic E-state index is 0.174. The summed E-state index contributed by atoms with van der Waals surface area (Å²) in [5.74, 6) is 0.871. The van der Waals surface area contributed by atoms with E-state index in [0.717, 1.165) is 16.3 Å². The largest absolute Gasteiger partial charge is 0.507 e. The van der Waals surface area contributed by atoms with Crippen molar-refractivity contribution in [3.8, 4) is 11.5 Å². The molecule has 0 aromatic heterocycles. The molecule has 24 heavy (non-hydrogen) atoms. The third kappa shape index (κ3) is 3.39. The van der Waals surface area contributed by atoms with Crippen LogP contribution in [0.1, 0.15) is 17.2 Å². The molecule has 122 valence electrons. The van der Waals surface area contributed by atoms with Gasteiger partial charge in [-0.1, -0.05) is 42.5 Å². The number of ether oxygens (including phenoxy) is 1. The van der Waals surface area contributed by atoms with Crippen molar-refractivity contribution >= 4 is 17.0 Å². The van der Waals surface area contributed by atoms with Crippen molar-refractivity contribution in [1.82, 2.24) is 0 Å². The Kier molecular flexibility index (Phi) is 4.77. The highest BCUT2D eigenvalue weighted by Gasteiger charge is 2.08. The van der Waals surface area contributed by atoms with E-state index in [0.29, 0.717) is 11.3 Å². The molecule has 0 saturated heterocycles. The first-order valence-corrected chi connectivity index (χ1v) is 7.71. The van der Waals surface area contributed by atoms with E-state index in [-0.39, 0.29) is 12.3 Å². The summed E-state index contributed by atoms with van der Waals surface area (Å²) in [4.78, 5) is 4.31. The molecule has 0 bridgehead atoms. The zero-order valence-corrected chi connectivity index (χ0v) is 13.4. The summed E-state index contributed by atoms with van der Waals surface area (Å²) in [5, 5.41) is 22.3. The van der Waals surface area contributed by atoms with Crippen molar-refractivity contribution in [2.75, 3.05) is 13.7 Å². The molecule has 4 heteroatoms. The maximum absolute atomic E-state index is 10.3. The molecule has 3 aromatic carbocycles. The fourth-order valence-electron chi connectivity index (χ4n) is 2.62. The van der Waals surface area contributed by atoms with Crippen molar-refractivity contribution in [3.63, 3.8) is 0 Å². The van der Waals surface area contributed by atoms with Gasteiger partial charge >= 0.3 is 0 Å². The molecule has 1 unspecified atom stereocenters. The van der Waals surface area contributed by atoms with Gasteiger partial charge in [0, 0.05) is 11.8 Å². The molecular formula is C20H19NO3. The van der Waals surface area contributed by atoms with Gasteiger partial charge in [-0.25, -0.2) is 0 Å². The van der Waals surface area contributed by atoms with E-state index in [1.54, 1.807) is 25.5 Å². The Morgan fingerprint density at radius 1 is 1.08 bits per heavy atom. The van der Waals surface area contributed by atoms with Crippen molar-refractivity contribution in [1.29, 1.82) is 0 Å². The lowest BCUT2D eigenvalue weighted by Gasteiger charge is -2.10. The van der Waals surface area contributed by atoms with E-state index in [1.165, 1.54) is 0 Å². The molecule has 4 nitrogen and oxygen atoms in total. The van der Waals surface area contributed by atoms with E-state index in [1.807, 2.05) is 48.5 Å². The van der Waals surface area contributed by atoms with Crippen LogP contribution in [0, 0.1) is 0 Å². The number of phenolic OH excluding ortho intramolecular Hbond substituents is 1. The Hall–Kier alpha value is -2.85. The van der Waals surface area contributed by atoms with Crippen LogP contribution in [0.4, 0.5) is 0 Å². The standard InChI is InChI=1S/C20H19NO3/c1-24-16-7-4-6-15(11-16)20(23)13-21-12-18-17-8-3-2-5-14(17)9-10-19(18)22/h2-12,20,22-23H,13H2,1H3. The average Bonchev–Trinajstić information content (AvgIpc) is 2.63. The lowest BCUT2D eigenvalue weighted by Crippen LogP contribution is -2.02. The van der Waals surface area contributed by atoms with E-state index >= 15 is 0 Å². The van der Waals surface area contributed by atoms with Crippen molar-refractivity contribution in [2.24, 2.45) is 4.99 Å². The number of aliphatic hydroxyl groups is 1. The van der Waals surface area contributed by atoms with Crippen LogP contribution in [-0.4, -0.2) is 30.1 Å². The Labute approximate surface area is 140 Å². The monoisotopic (exact) mass is 321 g/mol. The number of rotatable bonds is 5. The van der Waals surface area contributed by atoms with Crippen LogP contribution in [0.25, 0.3) is 10.8 Å². The van der Waals surface area contributed by atoms with Crippen LogP contribution in [0.5, 0.6) is 11.5 Å². The van der Waals surface area contributed by atoms with E-state index in [4.69, 9.17) is 4.74 Å². The van der Waals surface area contributed by atoms with Crippen LogP contribution < -0.4 is 4.74 Å². The molecular weight excluding hydrogens is 302 g/mol. The summed E-state index contributed by atoms with van der Waals surface area (Å²) >= 11 is 0. The van der Waals surface area contributed by atoms with Crippen LogP contribution in [0.3, 0.4) is 0 Å². The SMILES string of the molecule is COc1cccc(C(O)CN=Cc2c(O)ccc3ccccc23)c1. The van der Waals surface area contributed by atoms with Gasteiger partial charge in [-0.3, -0.25) is 4.99 Å². The molecule has 3 aromatic rings. The topological polar surface area (TPSA) is 62.0 Å². The summed E-state index contributed by atoms with van der Waals surface area (Å²) in [6.45, 7) is 0.204. The summed E-state index contributed by atoms with van der Waals surface area (Å²) < 4.78 is 5.16. The van der Waals surface area contributed by atoms with E-state index in [9.17, 15) is 10.2 Å². The number of hydrogen-bond donors (Lipinski definition) is 2. The first-order valence-electron chi connectivity index (χ1n) is 7.71. The normalized spacial score (nSPS) is 12.6. The van der Waals surface area contributed by atoms with Gasteiger partial charge in [0.15, 0.2) is 0 Å². The third-order valence-electron chi connectivity index (χ3n) is 3.92. The number of fused-ring (bicyclic) bond motifs is 1. The van der Waals surface area contributed by atoms with Gasteiger partial charge in [-0.05, 0) is 34.5 Å². The Morgan fingerprint density at radius 2 is 1.92 bits per heavy atom. The average molecular weight is 321 g/mol. The summed E-state index contributed by atoms with van der Waals surface area (Å²) in [5.41, 5.74) is 1.40. The highest BCUT2D eigenvalue weighted by molar-refractivity contribution is 6.02. The lowest BCUT2D eigenvalue weighted by atomic mass is 10.0. The quantitative estimate of drug-likeness (QED) is 0.704. The van der Waals surface area contributed by atoms with E-state index in [2.05, 4.69) is 4.99 Å². The van der Waals surface area contributed by atoms with Crippen molar-refractivity contribution < 1.29 is 14.9 Å². The van der Waals surface area contributed by atoms with Crippen LogP contribution in [0.2, 0.25) is 0 Å². The predicted molar refractivity (Wildman–Crippen MR) is 96.0 cm³/mol. The highest BCUT2D eigenvalue weighted by Crippen LogP contribution is 2.26. The van der Waals surface area contributed by atoms with Gasteiger partial charge < -0.3 is 14.9 Å². The minimum Gasteiger partial charge on any atom is -0.507 e. The van der Waals surface area contributed by atoms with Crippen LogP contribution in [0.15, 0.2) is 65.7 Å². The number of phenols is 1. The summed E-state index contributed by atoms with van der Waals surface area (Å²) in [7, 11) is 1.59. The number of aliphatic hydroxyl groups excluding tert-OH is 1. The van der Waals surface area contributed by atoms with Gasteiger partial charge in [0.2, 0.25) is 0 Å². The Bertz CT molecular complexity index is 874. The zero-order chi connectivity index (χ0) is 16.9. The molecule has 0 aliphatic rings. The molecule has 0 heterocycles. The van der Waals surface area contributed by atoms with Crippen molar-refractivity contribution in [3.05, 3.63) is 71.8 Å². The van der Waals surface area contributed by atoms with Crippen LogP contribution >= 0.6 is 0 Å². The number of nitrogens with zero attached hydrogens (tertiary/aromatic N) is 1. The molecule has 0 radical (unpaired) electrons. The molecule has 1 atom stereocenters. The first-order chi connectivity index (χ1) is 11.7. The summed E-state index contributed by atoms with van der Waals surface area (Å²) in [6, 6.07) is 18.6. The molecule has 2 N–H and O–H groups in total. The van der Waals surface area contributed by atoms with Crippen LogP contribution in [-0.2, 0) is 0 Å². The number of aromatic hydroxyl groups is 1. The second-order valence-electron chi connectivity index (χ2n) is 5.51. The number of hydrogen-bond acceptors (Lipinski definition) is 4. The fraction of sp³-hybridized carbons (Fsp3) is 0.150. The third-order valence-corrected chi connectivity index (χ3v) is 3.92. The minimum atomic E-state index is -0.728. The summed E-state index contributed by atoms with van der Waals surface area (Å²) in [6.07, 6.45) is 0.884. The fourth-order valence-corrected chi connectivity index (χ4v) is 2.62. The molecule has 0 amide bonds. The number of aliphatic imine (C=N–C) groups is 1. The van der Waals surface area contributed by atoms with Gasteiger partial charge in [0.25, 0.3) is 0 Å². The first kappa shape index (κ1) is 16.0. The Balaban J connectivity index is 1.80. The maximum atomic E-state index is 10.3. The number of benzene rings is 3. The second kappa shape index (κ2) is 7.15. The number of methoxy groups -OCH3 is 1. The van der Waals surface area contributed by atoms with Gasteiger partial charge in [-0.15, -0.1) is 0 Å². The predicted octanol–water partition coefficient (Wildman–Crippen LogP) is 3.71. The molecule has 3 rings (SSSR count). The molecule has 0 aliphatic carbocycles. The molecule has 0 fully saturated rings. The zero-order valence-electron chi connectivity index (χ0n) is 13.4. The Morgan fingerprint density at radius 3 is 2.75 bits per heavy atom. The molecule has 0 saturated carbocycles. The van der Waals surface area contributed by atoms with E-state index < -0.39 is 6.10 Å². The van der Waals surface area contributed by atoms with Gasteiger partial charge in [0.05, 0.1) is 19.8 Å². The second-order valence-corrected chi connectivity index (χ2v) is 5.51. The smallest absolute Gasteiger partial charge is 0.124 e. The maximum Gasteiger partial charge on any atom is 0.124 e. The molecule has 0 aliphatic heterocycles. The van der Waals surface area contributed by atoms with Gasteiger partial charge in [0.1, 0.15) is 11.5 Å². The van der Waals surface area contributed by atoms with Gasteiger partial charge in [-0.2, -0.15) is 0 Å². The lowest BCUT2D eigenvalue weighted by molar-refractivity contribution is 0.187. The van der Waals surface area contributed by atoms with Crippen molar-refractivity contribution in [2.45, 2.75) is 6.10 Å².